The van der Waals surface area contributed by atoms with E-state index >= 15 is 0 Å². The molecule has 0 heterocycles. The van der Waals surface area contributed by atoms with Crippen LogP contribution in [0.25, 0.3) is 0 Å². The number of allylic oxidation sites excluding steroid dienone is 6. The molecule has 1 aliphatic carbocycles. The van der Waals surface area contributed by atoms with E-state index in [1.165, 1.54) is 12.8 Å². The highest BCUT2D eigenvalue weighted by Gasteiger charge is 2.14. The molecule has 2 atom stereocenters. The fraction of sp³-hybridized carbons (Fsp3) is 0.429. The third-order valence-corrected chi connectivity index (χ3v) is 2.69. The summed E-state index contributed by atoms with van der Waals surface area (Å²) in [4.78, 5) is 0. The molecule has 0 fully saturated rings. The minimum Gasteiger partial charge on any atom is -0.103 e. The van der Waals surface area contributed by atoms with Crippen molar-refractivity contribution in [3.63, 3.8) is 0 Å². The van der Waals surface area contributed by atoms with E-state index < -0.39 is 0 Å². The van der Waals surface area contributed by atoms with Crippen LogP contribution in [0.5, 0.6) is 0 Å². The van der Waals surface area contributed by atoms with E-state index in [0.717, 1.165) is 12.8 Å². The monoisotopic (exact) mass is 188 g/mol. The van der Waals surface area contributed by atoms with Gasteiger partial charge in [0.25, 0.3) is 0 Å². The number of rotatable bonds is 4. The smallest absolute Gasteiger partial charge is 0.0133 e. The van der Waals surface area contributed by atoms with Crippen molar-refractivity contribution in [2.75, 3.05) is 0 Å². The number of hydrogen-bond acceptors (Lipinski definition) is 0. The average Bonchev–Trinajstić information content (AvgIpc) is 2.16. The first kappa shape index (κ1) is 11.0. The Morgan fingerprint density at radius 1 is 0.929 bits per heavy atom. The van der Waals surface area contributed by atoms with Crippen LogP contribution in [-0.2, 0) is 0 Å². The topological polar surface area (TPSA) is 0 Å². The lowest BCUT2D eigenvalue weighted by Crippen LogP contribution is -2.10. The SMILES string of the molecule is C=CCC1C=CCCC=CC1CC=C. The van der Waals surface area contributed by atoms with E-state index in [1.807, 2.05) is 12.2 Å². The standard InChI is InChI=1S/C14H20/c1-3-9-13-11-7-5-6-8-12-14(13)10-4-2/h3-4,7-8,11-14H,1-2,5-6,9-10H2. The second-order valence-corrected chi connectivity index (χ2v) is 3.81. The van der Waals surface area contributed by atoms with E-state index in [4.69, 9.17) is 0 Å². The molecule has 0 spiro atoms. The molecule has 0 aromatic rings. The predicted octanol–water partition coefficient (Wildman–Crippen LogP) is 4.28. The van der Waals surface area contributed by atoms with Crippen LogP contribution in [0, 0.1) is 11.8 Å². The van der Waals surface area contributed by atoms with E-state index in [1.54, 1.807) is 0 Å². The minimum absolute atomic E-state index is 0.613. The second-order valence-electron chi connectivity index (χ2n) is 3.81. The summed E-state index contributed by atoms with van der Waals surface area (Å²) < 4.78 is 0. The Morgan fingerprint density at radius 3 is 1.71 bits per heavy atom. The summed E-state index contributed by atoms with van der Waals surface area (Å²) in [5.74, 6) is 1.23. The average molecular weight is 188 g/mol. The van der Waals surface area contributed by atoms with Crippen LogP contribution in [0.3, 0.4) is 0 Å². The Balaban J connectivity index is 2.68. The van der Waals surface area contributed by atoms with Gasteiger partial charge in [0.05, 0.1) is 0 Å². The van der Waals surface area contributed by atoms with Gasteiger partial charge in [-0.2, -0.15) is 0 Å². The van der Waals surface area contributed by atoms with Gasteiger partial charge >= 0.3 is 0 Å². The van der Waals surface area contributed by atoms with Crippen molar-refractivity contribution < 1.29 is 0 Å². The molecule has 2 unspecified atom stereocenters. The van der Waals surface area contributed by atoms with Crippen LogP contribution in [0.15, 0.2) is 49.6 Å². The molecule has 0 aliphatic heterocycles. The molecular weight excluding hydrogens is 168 g/mol. The molecule has 0 bridgehead atoms. The van der Waals surface area contributed by atoms with Gasteiger partial charge in [-0.25, -0.2) is 0 Å². The highest BCUT2D eigenvalue weighted by molar-refractivity contribution is 5.06. The van der Waals surface area contributed by atoms with Crippen LogP contribution in [0.2, 0.25) is 0 Å². The molecule has 14 heavy (non-hydrogen) atoms. The first-order valence-corrected chi connectivity index (χ1v) is 5.43. The van der Waals surface area contributed by atoms with Crippen molar-refractivity contribution in [2.45, 2.75) is 25.7 Å². The highest BCUT2D eigenvalue weighted by Crippen LogP contribution is 2.25. The normalized spacial score (nSPS) is 26.6. The maximum absolute atomic E-state index is 3.82. The zero-order valence-electron chi connectivity index (χ0n) is 8.86. The molecule has 0 saturated carbocycles. The quantitative estimate of drug-likeness (QED) is 0.578. The Labute approximate surface area is 87.7 Å². The third-order valence-electron chi connectivity index (χ3n) is 2.69. The predicted molar refractivity (Wildman–Crippen MR) is 64.1 cm³/mol. The largest absolute Gasteiger partial charge is 0.103 e. The van der Waals surface area contributed by atoms with Crippen LogP contribution in [0.1, 0.15) is 25.7 Å². The fourth-order valence-corrected chi connectivity index (χ4v) is 1.91. The summed E-state index contributed by atoms with van der Waals surface area (Å²) in [5.41, 5.74) is 0. The summed E-state index contributed by atoms with van der Waals surface area (Å²) in [7, 11) is 0. The molecule has 0 nitrogen and oxygen atoms in total. The van der Waals surface area contributed by atoms with E-state index in [0.29, 0.717) is 11.8 Å². The van der Waals surface area contributed by atoms with Gasteiger partial charge < -0.3 is 0 Å². The Bertz CT molecular complexity index is 206. The lowest BCUT2D eigenvalue weighted by Gasteiger charge is -2.20. The molecule has 0 saturated heterocycles. The van der Waals surface area contributed by atoms with Gasteiger partial charge in [0, 0.05) is 0 Å². The summed E-state index contributed by atoms with van der Waals surface area (Å²) in [6.07, 6.45) is 17.8. The molecule has 76 valence electrons. The Morgan fingerprint density at radius 2 is 1.36 bits per heavy atom. The maximum Gasteiger partial charge on any atom is -0.0133 e. The highest BCUT2D eigenvalue weighted by atomic mass is 14.2. The maximum atomic E-state index is 3.82. The van der Waals surface area contributed by atoms with E-state index in [9.17, 15) is 0 Å². The summed E-state index contributed by atoms with van der Waals surface area (Å²) in [5, 5.41) is 0. The molecule has 0 aromatic carbocycles. The van der Waals surface area contributed by atoms with Gasteiger partial charge in [0.2, 0.25) is 0 Å². The van der Waals surface area contributed by atoms with Crippen molar-refractivity contribution >= 4 is 0 Å². The number of hydrogen-bond donors (Lipinski definition) is 0. The van der Waals surface area contributed by atoms with Crippen LogP contribution >= 0.6 is 0 Å². The first-order chi connectivity index (χ1) is 6.88. The van der Waals surface area contributed by atoms with Crippen LogP contribution in [-0.4, -0.2) is 0 Å². The van der Waals surface area contributed by atoms with Crippen LogP contribution < -0.4 is 0 Å². The lowest BCUT2D eigenvalue weighted by atomic mass is 9.85. The van der Waals surface area contributed by atoms with Crippen molar-refractivity contribution in [3.8, 4) is 0 Å². The zero-order chi connectivity index (χ0) is 10.2. The lowest BCUT2D eigenvalue weighted by molar-refractivity contribution is 0.479. The van der Waals surface area contributed by atoms with Gasteiger partial charge in [0.1, 0.15) is 0 Å². The summed E-state index contributed by atoms with van der Waals surface area (Å²) in [6, 6.07) is 0. The second kappa shape index (κ2) is 6.42. The minimum atomic E-state index is 0.613. The van der Waals surface area contributed by atoms with Gasteiger partial charge in [0.15, 0.2) is 0 Å². The van der Waals surface area contributed by atoms with Crippen LogP contribution in [0.4, 0.5) is 0 Å². The van der Waals surface area contributed by atoms with Gasteiger partial charge in [-0.1, -0.05) is 36.5 Å². The summed E-state index contributed by atoms with van der Waals surface area (Å²) >= 11 is 0. The van der Waals surface area contributed by atoms with Gasteiger partial charge in [-0.05, 0) is 37.5 Å². The molecule has 1 rings (SSSR count). The molecule has 0 heteroatoms. The Hall–Kier alpha value is -1.04. The van der Waals surface area contributed by atoms with Gasteiger partial charge in [-0.15, -0.1) is 13.2 Å². The molecule has 0 amide bonds. The summed E-state index contributed by atoms with van der Waals surface area (Å²) in [6.45, 7) is 7.64. The van der Waals surface area contributed by atoms with E-state index in [2.05, 4.69) is 37.5 Å². The van der Waals surface area contributed by atoms with Crippen molar-refractivity contribution in [3.05, 3.63) is 49.6 Å². The van der Waals surface area contributed by atoms with Crippen molar-refractivity contribution in [1.29, 1.82) is 0 Å². The van der Waals surface area contributed by atoms with E-state index in [-0.39, 0.29) is 0 Å². The first-order valence-electron chi connectivity index (χ1n) is 5.43. The molecule has 1 aliphatic rings. The molecule has 0 aromatic heterocycles. The molecular formula is C14H20. The molecule has 0 N–H and O–H groups in total. The zero-order valence-corrected chi connectivity index (χ0v) is 8.86. The molecule has 0 radical (unpaired) electrons. The Kier molecular flexibility index (Phi) is 5.06. The third kappa shape index (κ3) is 3.37. The van der Waals surface area contributed by atoms with Crippen molar-refractivity contribution in [2.24, 2.45) is 11.8 Å². The fourth-order valence-electron chi connectivity index (χ4n) is 1.91. The van der Waals surface area contributed by atoms with Gasteiger partial charge in [-0.3, -0.25) is 0 Å². The van der Waals surface area contributed by atoms with Crippen molar-refractivity contribution in [1.82, 2.24) is 0 Å².